The van der Waals surface area contributed by atoms with Crippen LogP contribution >= 0.6 is 0 Å². The summed E-state index contributed by atoms with van der Waals surface area (Å²) >= 11 is 0. The quantitative estimate of drug-likeness (QED) is 0.918. The third-order valence-corrected chi connectivity index (χ3v) is 4.74. The third-order valence-electron chi connectivity index (χ3n) is 4.74. The highest BCUT2D eigenvalue weighted by atomic mass is 19.4. The molecule has 3 heterocycles. The van der Waals surface area contributed by atoms with Crippen molar-refractivity contribution in [2.24, 2.45) is 0 Å². The van der Waals surface area contributed by atoms with Gasteiger partial charge in [-0.2, -0.15) is 13.2 Å². The number of carbonyl (C=O) groups is 1. The number of alkyl halides is 3. The van der Waals surface area contributed by atoms with Crippen LogP contribution in [-0.4, -0.2) is 59.8 Å². The van der Waals surface area contributed by atoms with Crippen LogP contribution in [0.4, 0.5) is 18.0 Å². The summed E-state index contributed by atoms with van der Waals surface area (Å²) in [7, 11) is 0. The second-order valence-corrected chi connectivity index (χ2v) is 6.87. The fourth-order valence-electron chi connectivity index (χ4n) is 3.84. The van der Waals surface area contributed by atoms with Gasteiger partial charge in [-0.05, 0) is 19.4 Å². The van der Waals surface area contributed by atoms with Gasteiger partial charge in [-0.1, -0.05) is 30.3 Å². The molecule has 3 aliphatic rings. The zero-order valence-corrected chi connectivity index (χ0v) is 13.8. The van der Waals surface area contributed by atoms with E-state index in [1.165, 1.54) is 4.90 Å². The average Bonchev–Trinajstić information content (AvgIpc) is 2.51. The molecule has 4 nitrogen and oxygen atoms in total. The monoisotopic (exact) mass is 341 g/mol. The number of nitrogens with one attached hydrogen (secondary N) is 1. The van der Waals surface area contributed by atoms with Crippen LogP contribution in [0.2, 0.25) is 0 Å². The Kier molecular flexibility index (Phi) is 4.46. The van der Waals surface area contributed by atoms with Gasteiger partial charge in [-0.15, -0.1) is 0 Å². The van der Waals surface area contributed by atoms with Crippen LogP contribution < -0.4 is 5.32 Å². The molecule has 0 aliphatic carbocycles. The lowest BCUT2D eigenvalue weighted by molar-refractivity contribution is -0.191. The van der Waals surface area contributed by atoms with E-state index >= 15 is 0 Å². The lowest BCUT2D eigenvalue weighted by Gasteiger charge is -2.61. The van der Waals surface area contributed by atoms with Crippen LogP contribution in [0, 0.1) is 0 Å². The molecule has 1 aromatic carbocycles. The Balaban J connectivity index is 1.76. The fourth-order valence-corrected chi connectivity index (χ4v) is 3.84. The fraction of sp³-hybridized carbons (Fsp3) is 0.588. The predicted octanol–water partition coefficient (Wildman–Crippen LogP) is 2.82. The summed E-state index contributed by atoms with van der Waals surface area (Å²) in [4.78, 5) is 15.3. The lowest BCUT2D eigenvalue weighted by Crippen LogP contribution is -2.75. The normalized spacial score (nSPS) is 27.1. The van der Waals surface area contributed by atoms with Crippen LogP contribution in [0.5, 0.6) is 0 Å². The van der Waals surface area contributed by atoms with Gasteiger partial charge in [0.15, 0.2) is 0 Å². The molecule has 132 valence electrons. The molecule has 0 aromatic heterocycles. The number of piperazine rings is 1. The Bertz CT molecular complexity index is 576. The van der Waals surface area contributed by atoms with Crippen LogP contribution in [0.1, 0.15) is 25.3 Å². The summed E-state index contributed by atoms with van der Waals surface area (Å²) in [5.41, 5.74) is 1.05. The molecule has 4 rings (SSSR count). The van der Waals surface area contributed by atoms with Gasteiger partial charge in [-0.25, -0.2) is 4.79 Å². The number of urea groups is 1. The van der Waals surface area contributed by atoms with Crippen LogP contribution in [0.25, 0.3) is 0 Å². The number of carbonyl (C=O) groups excluding carboxylic acids is 1. The maximum atomic E-state index is 12.9. The van der Waals surface area contributed by atoms with E-state index in [4.69, 9.17) is 0 Å². The molecule has 0 saturated carbocycles. The van der Waals surface area contributed by atoms with Gasteiger partial charge in [0, 0.05) is 37.1 Å². The summed E-state index contributed by atoms with van der Waals surface area (Å²) in [6.07, 6.45) is -4.22. The Labute approximate surface area is 139 Å². The second-order valence-electron chi connectivity index (χ2n) is 6.87. The summed E-state index contributed by atoms with van der Waals surface area (Å²) in [5, 5.41) is 2.82. The third kappa shape index (κ3) is 3.36. The molecule has 2 amide bonds. The number of amides is 2. The number of nitrogens with zero attached hydrogens (tertiary/aromatic N) is 2. The largest absolute Gasteiger partial charge is 0.401 e. The Hall–Kier alpha value is -1.76. The standard InChI is InChI=1S/C17H22F3N3O/c1-11(2)21-16(24)22-8-13-15(12-6-4-3-5-7-12)14(9-22)23(13)10-17(18,19)20/h3-7,11,13-15H,8-10H2,1-2H3,(H,21,24)/t13-,14+,15?. The van der Waals surface area contributed by atoms with E-state index in [0.717, 1.165) is 5.56 Å². The molecule has 3 fully saturated rings. The van der Waals surface area contributed by atoms with Gasteiger partial charge in [0.2, 0.25) is 0 Å². The molecule has 1 unspecified atom stereocenters. The molecular formula is C17H22F3N3O. The number of hydrogen-bond acceptors (Lipinski definition) is 2. The van der Waals surface area contributed by atoms with E-state index in [1.807, 2.05) is 44.2 Å². The molecule has 3 atom stereocenters. The summed E-state index contributed by atoms with van der Waals surface area (Å²) in [6, 6.07) is 8.86. The van der Waals surface area contributed by atoms with E-state index in [9.17, 15) is 18.0 Å². The van der Waals surface area contributed by atoms with Crippen molar-refractivity contribution in [1.82, 2.24) is 15.1 Å². The molecule has 24 heavy (non-hydrogen) atoms. The van der Waals surface area contributed by atoms with E-state index in [0.29, 0.717) is 13.1 Å². The summed E-state index contributed by atoms with van der Waals surface area (Å²) in [6.45, 7) is 3.47. The summed E-state index contributed by atoms with van der Waals surface area (Å²) < 4.78 is 38.6. The topological polar surface area (TPSA) is 35.6 Å². The molecule has 3 saturated heterocycles. The minimum absolute atomic E-state index is 0.00644. The van der Waals surface area contributed by atoms with Crippen molar-refractivity contribution in [3.63, 3.8) is 0 Å². The lowest BCUT2D eigenvalue weighted by atomic mass is 9.72. The number of rotatable bonds is 3. The van der Waals surface area contributed by atoms with E-state index < -0.39 is 12.7 Å². The SMILES string of the molecule is CC(C)NC(=O)N1C[C@@H]2C(c3ccccc3)[C@H](C1)N2CC(F)(F)F. The van der Waals surface area contributed by atoms with Gasteiger partial charge in [0.25, 0.3) is 0 Å². The zero-order valence-electron chi connectivity index (χ0n) is 13.8. The van der Waals surface area contributed by atoms with Crippen molar-refractivity contribution in [2.75, 3.05) is 19.6 Å². The van der Waals surface area contributed by atoms with E-state index in [-0.39, 0.29) is 30.1 Å². The molecule has 3 aliphatic heterocycles. The second kappa shape index (κ2) is 6.27. The maximum absolute atomic E-state index is 12.9. The minimum Gasteiger partial charge on any atom is -0.336 e. The van der Waals surface area contributed by atoms with Crippen molar-refractivity contribution < 1.29 is 18.0 Å². The Morgan fingerprint density at radius 2 is 1.79 bits per heavy atom. The highest BCUT2D eigenvalue weighted by Gasteiger charge is 2.56. The number of hydrogen-bond donors (Lipinski definition) is 1. The van der Waals surface area contributed by atoms with Crippen molar-refractivity contribution >= 4 is 6.03 Å². The molecule has 0 spiro atoms. The number of fused-ring (bicyclic) bond motifs is 2. The van der Waals surface area contributed by atoms with Crippen molar-refractivity contribution in [2.45, 2.75) is 44.1 Å². The van der Waals surface area contributed by atoms with E-state index in [1.54, 1.807) is 4.90 Å². The van der Waals surface area contributed by atoms with Crippen LogP contribution in [-0.2, 0) is 0 Å². The highest BCUT2D eigenvalue weighted by Crippen LogP contribution is 2.45. The van der Waals surface area contributed by atoms with Crippen LogP contribution in [0.15, 0.2) is 30.3 Å². The van der Waals surface area contributed by atoms with Crippen molar-refractivity contribution in [3.8, 4) is 0 Å². The first kappa shape index (κ1) is 17.1. The molecule has 1 N–H and O–H groups in total. The Morgan fingerprint density at radius 3 is 2.29 bits per heavy atom. The zero-order chi connectivity index (χ0) is 17.5. The summed E-state index contributed by atoms with van der Waals surface area (Å²) in [5.74, 6) is 0.0525. The number of piperidine rings is 1. The van der Waals surface area contributed by atoms with Gasteiger partial charge in [0.1, 0.15) is 0 Å². The van der Waals surface area contributed by atoms with Gasteiger partial charge in [0.05, 0.1) is 6.54 Å². The van der Waals surface area contributed by atoms with Gasteiger partial charge in [-0.3, -0.25) is 4.90 Å². The average molecular weight is 341 g/mol. The molecule has 2 bridgehead atoms. The smallest absolute Gasteiger partial charge is 0.336 e. The molecule has 1 aromatic rings. The van der Waals surface area contributed by atoms with E-state index in [2.05, 4.69) is 5.32 Å². The predicted molar refractivity (Wildman–Crippen MR) is 84.8 cm³/mol. The minimum atomic E-state index is -4.22. The maximum Gasteiger partial charge on any atom is 0.401 e. The first-order valence-electron chi connectivity index (χ1n) is 8.19. The molecule has 0 radical (unpaired) electrons. The number of halogens is 3. The Morgan fingerprint density at radius 1 is 1.21 bits per heavy atom. The van der Waals surface area contributed by atoms with Crippen molar-refractivity contribution in [1.29, 1.82) is 0 Å². The highest BCUT2D eigenvalue weighted by molar-refractivity contribution is 5.75. The van der Waals surface area contributed by atoms with Crippen molar-refractivity contribution in [3.05, 3.63) is 35.9 Å². The first-order valence-corrected chi connectivity index (χ1v) is 8.19. The van der Waals surface area contributed by atoms with Gasteiger partial charge >= 0.3 is 12.2 Å². The van der Waals surface area contributed by atoms with Gasteiger partial charge < -0.3 is 10.2 Å². The molecule has 7 heteroatoms. The number of benzene rings is 1. The van der Waals surface area contributed by atoms with Crippen LogP contribution in [0.3, 0.4) is 0 Å². The molecular weight excluding hydrogens is 319 g/mol. The first-order chi connectivity index (χ1) is 11.3.